The number of carbonyl (C=O) groups is 1. The van der Waals surface area contributed by atoms with Crippen molar-refractivity contribution in [2.24, 2.45) is 0 Å². The fourth-order valence-electron chi connectivity index (χ4n) is 0.759. The van der Waals surface area contributed by atoms with E-state index in [1.54, 1.807) is 0 Å². The van der Waals surface area contributed by atoms with Crippen LogP contribution in [0.25, 0.3) is 0 Å². The van der Waals surface area contributed by atoms with Gasteiger partial charge in [0.15, 0.2) is 6.29 Å². The molecule has 0 bridgehead atoms. The number of halogens is 3. The summed E-state index contributed by atoms with van der Waals surface area (Å²) >= 11 is 0. The SMILES string of the molecule is O=Cc1cnccc1C(F)(F)F. The largest absolute Gasteiger partial charge is 0.417 e. The lowest BCUT2D eigenvalue weighted by Crippen LogP contribution is -2.08. The Morgan fingerprint density at radius 2 is 2.08 bits per heavy atom. The second-order valence-electron chi connectivity index (χ2n) is 2.08. The first-order chi connectivity index (χ1) is 5.55. The van der Waals surface area contributed by atoms with Crippen LogP contribution in [-0.2, 0) is 6.18 Å². The maximum atomic E-state index is 12.0. The van der Waals surface area contributed by atoms with Crippen LogP contribution in [0.1, 0.15) is 15.9 Å². The van der Waals surface area contributed by atoms with Gasteiger partial charge in [0.25, 0.3) is 0 Å². The molecule has 5 heteroatoms. The van der Waals surface area contributed by atoms with Crippen molar-refractivity contribution >= 4 is 6.29 Å². The molecule has 0 amide bonds. The predicted octanol–water partition coefficient (Wildman–Crippen LogP) is 1.91. The molecule has 0 radical (unpaired) electrons. The maximum Gasteiger partial charge on any atom is 0.417 e. The van der Waals surface area contributed by atoms with E-state index in [1.165, 1.54) is 0 Å². The highest BCUT2D eigenvalue weighted by Gasteiger charge is 2.32. The number of nitrogens with zero attached hydrogens (tertiary/aromatic N) is 1. The molecule has 0 aliphatic heterocycles. The van der Waals surface area contributed by atoms with Gasteiger partial charge in [-0.3, -0.25) is 9.78 Å². The van der Waals surface area contributed by atoms with Gasteiger partial charge in [-0.1, -0.05) is 0 Å². The summed E-state index contributed by atoms with van der Waals surface area (Å²) in [6.45, 7) is 0. The number of aromatic nitrogens is 1. The van der Waals surface area contributed by atoms with E-state index < -0.39 is 17.3 Å². The Kier molecular flexibility index (Phi) is 2.12. The Balaban J connectivity index is 3.23. The number of hydrogen-bond acceptors (Lipinski definition) is 2. The number of pyridine rings is 1. The van der Waals surface area contributed by atoms with Gasteiger partial charge in [-0.05, 0) is 6.07 Å². The molecule has 0 aromatic carbocycles. The van der Waals surface area contributed by atoms with Gasteiger partial charge < -0.3 is 0 Å². The number of hydrogen-bond donors (Lipinski definition) is 0. The maximum absolute atomic E-state index is 12.0. The average Bonchev–Trinajstić information content (AvgIpc) is 2.03. The van der Waals surface area contributed by atoms with Crippen LogP contribution in [0.3, 0.4) is 0 Å². The summed E-state index contributed by atoms with van der Waals surface area (Å²) in [5.74, 6) is 0. The third-order valence-corrected chi connectivity index (χ3v) is 1.28. The van der Waals surface area contributed by atoms with Gasteiger partial charge in [0, 0.05) is 18.0 Å². The van der Waals surface area contributed by atoms with E-state index in [0.29, 0.717) is 0 Å². The zero-order valence-corrected chi connectivity index (χ0v) is 5.80. The lowest BCUT2D eigenvalue weighted by atomic mass is 10.1. The molecule has 0 spiro atoms. The summed E-state index contributed by atoms with van der Waals surface area (Å²) in [4.78, 5) is 13.5. The number of aldehydes is 1. The zero-order chi connectivity index (χ0) is 9.19. The molecule has 1 aromatic rings. The molecular weight excluding hydrogens is 171 g/mol. The van der Waals surface area contributed by atoms with Crippen LogP contribution in [0, 0.1) is 0 Å². The van der Waals surface area contributed by atoms with Crippen LogP contribution < -0.4 is 0 Å². The van der Waals surface area contributed by atoms with Gasteiger partial charge in [0.2, 0.25) is 0 Å². The smallest absolute Gasteiger partial charge is 0.298 e. The molecule has 0 aliphatic carbocycles. The standard InChI is InChI=1S/C7H4F3NO/c8-7(9,10)6-1-2-11-3-5(6)4-12/h1-4H. The van der Waals surface area contributed by atoms with E-state index in [2.05, 4.69) is 4.98 Å². The van der Waals surface area contributed by atoms with E-state index in [0.717, 1.165) is 18.5 Å². The molecule has 0 aliphatic rings. The molecule has 0 saturated heterocycles. The highest BCUT2D eigenvalue weighted by atomic mass is 19.4. The highest BCUT2D eigenvalue weighted by Crippen LogP contribution is 2.30. The quantitative estimate of drug-likeness (QED) is 0.610. The minimum absolute atomic E-state index is 0.135. The minimum Gasteiger partial charge on any atom is -0.298 e. The van der Waals surface area contributed by atoms with Crippen LogP contribution in [0.4, 0.5) is 13.2 Å². The van der Waals surface area contributed by atoms with Crippen molar-refractivity contribution in [2.45, 2.75) is 6.18 Å². The van der Waals surface area contributed by atoms with Gasteiger partial charge >= 0.3 is 6.18 Å². The fourth-order valence-corrected chi connectivity index (χ4v) is 0.759. The van der Waals surface area contributed by atoms with E-state index in [9.17, 15) is 18.0 Å². The molecule has 0 unspecified atom stereocenters. The number of rotatable bonds is 1. The second kappa shape index (κ2) is 2.92. The number of carbonyl (C=O) groups excluding carboxylic acids is 1. The third-order valence-electron chi connectivity index (χ3n) is 1.28. The van der Waals surface area contributed by atoms with E-state index in [4.69, 9.17) is 0 Å². The fraction of sp³-hybridized carbons (Fsp3) is 0.143. The first kappa shape index (κ1) is 8.70. The molecule has 1 aromatic heterocycles. The lowest BCUT2D eigenvalue weighted by Gasteiger charge is -2.07. The van der Waals surface area contributed by atoms with Crippen LogP contribution >= 0.6 is 0 Å². The van der Waals surface area contributed by atoms with Crippen molar-refractivity contribution in [3.8, 4) is 0 Å². The monoisotopic (exact) mass is 175 g/mol. The molecule has 0 N–H and O–H groups in total. The van der Waals surface area contributed by atoms with E-state index >= 15 is 0 Å². The van der Waals surface area contributed by atoms with Crippen molar-refractivity contribution in [1.82, 2.24) is 4.98 Å². The van der Waals surface area contributed by atoms with E-state index in [-0.39, 0.29) is 6.29 Å². The minimum atomic E-state index is -4.49. The second-order valence-corrected chi connectivity index (χ2v) is 2.08. The van der Waals surface area contributed by atoms with Crippen LogP contribution in [0.2, 0.25) is 0 Å². The van der Waals surface area contributed by atoms with Gasteiger partial charge in [-0.2, -0.15) is 13.2 Å². The van der Waals surface area contributed by atoms with E-state index in [1.807, 2.05) is 0 Å². The average molecular weight is 175 g/mol. The molecule has 12 heavy (non-hydrogen) atoms. The topological polar surface area (TPSA) is 30.0 Å². The van der Waals surface area contributed by atoms with Crippen molar-refractivity contribution in [3.05, 3.63) is 29.6 Å². The van der Waals surface area contributed by atoms with Crippen molar-refractivity contribution in [2.75, 3.05) is 0 Å². The first-order valence-corrected chi connectivity index (χ1v) is 3.02. The summed E-state index contributed by atoms with van der Waals surface area (Å²) in [5.41, 5.74) is -1.39. The highest BCUT2D eigenvalue weighted by molar-refractivity contribution is 5.76. The molecule has 1 heterocycles. The third kappa shape index (κ3) is 1.61. The summed E-state index contributed by atoms with van der Waals surface area (Å²) < 4.78 is 36.1. The van der Waals surface area contributed by atoms with Crippen molar-refractivity contribution in [3.63, 3.8) is 0 Å². The molecular formula is C7H4F3NO. The summed E-state index contributed by atoms with van der Waals surface area (Å²) in [6.07, 6.45) is -2.47. The van der Waals surface area contributed by atoms with Gasteiger partial charge in [0.05, 0.1) is 5.56 Å². The Bertz CT molecular complexity index is 295. The van der Waals surface area contributed by atoms with Gasteiger partial charge in [-0.25, -0.2) is 0 Å². The lowest BCUT2D eigenvalue weighted by molar-refractivity contribution is -0.137. The van der Waals surface area contributed by atoms with Gasteiger partial charge in [0.1, 0.15) is 0 Å². The first-order valence-electron chi connectivity index (χ1n) is 3.02. The summed E-state index contributed by atoms with van der Waals surface area (Å²) in [6, 6.07) is 0.768. The Labute approximate surface area is 66.0 Å². The Morgan fingerprint density at radius 1 is 1.42 bits per heavy atom. The van der Waals surface area contributed by atoms with Crippen LogP contribution in [-0.4, -0.2) is 11.3 Å². The molecule has 0 fully saturated rings. The Morgan fingerprint density at radius 3 is 2.50 bits per heavy atom. The predicted molar refractivity (Wildman–Crippen MR) is 34.6 cm³/mol. The molecule has 0 saturated carbocycles. The molecule has 64 valence electrons. The summed E-state index contributed by atoms with van der Waals surface area (Å²) in [7, 11) is 0. The number of alkyl halides is 3. The van der Waals surface area contributed by atoms with Crippen molar-refractivity contribution < 1.29 is 18.0 Å². The van der Waals surface area contributed by atoms with Gasteiger partial charge in [-0.15, -0.1) is 0 Å². The van der Waals surface area contributed by atoms with Crippen LogP contribution in [0.5, 0.6) is 0 Å². The molecule has 1 rings (SSSR count). The zero-order valence-electron chi connectivity index (χ0n) is 5.80. The normalized spacial score (nSPS) is 11.2. The molecule has 2 nitrogen and oxygen atoms in total. The van der Waals surface area contributed by atoms with Crippen LogP contribution in [0.15, 0.2) is 18.5 Å². The Hall–Kier alpha value is -1.39. The summed E-state index contributed by atoms with van der Waals surface area (Å²) in [5, 5.41) is 0. The molecule has 0 atom stereocenters. The van der Waals surface area contributed by atoms with Crippen molar-refractivity contribution in [1.29, 1.82) is 0 Å².